The number of hydrogen-bond donors (Lipinski definition) is 0. The molecule has 0 saturated carbocycles. The number of nitrogens with zero attached hydrogens (tertiary/aromatic N) is 2. The van der Waals surface area contributed by atoms with E-state index in [4.69, 9.17) is 23.2 Å². The van der Waals surface area contributed by atoms with Gasteiger partial charge in [0.2, 0.25) is 0 Å². The summed E-state index contributed by atoms with van der Waals surface area (Å²) in [6.45, 7) is 3.99. The molecule has 0 aromatic heterocycles. The number of ketones is 1. The minimum absolute atomic E-state index is 0.150. The highest BCUT2D eigenvalue weighted by Gasteiger charge is 2.34. The van der Waals surface area contributed by atoms with Gasteiger partial charge in [-0.2, -0.15) is 0 Å². The molecule has 116 valence electrons. The van der Waals surface area contributed by atoms with Crippen LogP contribution in [0.4, 0.5) is 0 Å². The van der Waals surface area contributed by atoms with Gasteiger partial charge in [0.25, 0.3) is 0 Å². The smallest absolute Gasteiger partial charge is 0.169 e. The summed E-state index contributed by atoms with van der Waals surface area (Å²) in [5.74, 6) is 1.01. The first-order chi connectivity index (χ1) is 9.77. The van der Waals surface area contributed by atoms with Crippen molar-refractivity contribution in [2.24, 2.45) is 0 Å². The third-order valence-corrected chi connectivity index (χ3v) is 5.20. The minimum atomic E-state index is -0.150. The maximum absolute atomic E-state index is 12.9. The summed E-state index contributed by atoms with van der Waals surface area (Å²) in [7, 11) is 0. The lowest BCUT2D eigenvalue weighted by Crippen LogP contribution is -2.55. The second kappa shape index (κ2) is 8.57. The summed E-state index contributed by atoms with van der Waals surface area (Å²) < 4.78 is 0. The average Bonchev–Trinajstić information content (AvgIpc) is 2.51. The molecule has 0 spiro atoms. The van der Waals surface area contributed by atoms with E-state index in [0.29, 0.717) is 11.8 Å². The van der Waals surface area contributed by atoms with Crippen molar-refractivity contribution in [1.82, 2.24) is 9.80 Å². The fourth-order valence-corrected chi connectivity index (χ4v) is 4.08. The average molecular weight is 321 g/mol. The molecule has 2 unspecified atom stereocenters. The van der Waals surface area contributed by atoms with Gasteiger partial charge in [0, 0.05) is 11.8 Å². The van der Waals surface area contributed by atoms with E-state index in [-0.39, 0.29) is 17.9 Å². The Bertz CT molecular complexity index is 274. The summed E-state index contributed by atoms with van der Waals surface area (Å²) in [4.78, 5) is 17.4. The molecule has 0 bridgehead atoms. The van der Waals surface area contributed by atoms with E-state index in [1.807, 2.05) is 0 Å². The maximum atomic E-state index is 12.9. The van der Waals surface area contributed by atoms with Crippen molar-refractivity contribution in [3.8, 4) is 0 Å². The largest absolute Gasteiger partial charge is 0.296 e. The molecule has 2 atom stereocenters. The van der Waals surface area contributed by atoms with E-state index in [2.05, 4.69) is 9.80 Å². The van der Waals surface area contributed by atoms with Crippen LogP contribution in [-0.4, -0.2) is 65.6 Å². The van der Waals surface area contributed by atoms with Gasteiger partial charge in [-0.05, 0) is 51.9 Å². The Morgan fingerprint density at radius 2 is 1.10 bits per heavy atom. The molecule has 0 amide bonds. The molecule has 2 aliphatic heterocycles. The SMILES string of the molecule is O=C(C(CCl)N1CCCCC1)C(CCl)N1CCCCC1. The van der Waals surface area contributed by atoms with Gasteiger partial charge in [-0.3, -0.25) is 14.6 Å². The third-order valence-electron chi connectivity index (χ3n) is 4.61. The molecule has 3 nitrogen and oxygen atoms in total. The van der Waals surface area contributed by atoms with Crippen molar-refractivity contribution in [2.45, 2.75) is 50.6 Å². The summed E-state index contributed by atoms with van der Waals surface area (Å²) in [5, 5.41) is 0. The fourth-order valence-electron chi connectivity index (χ4n) is 3.39. The quantitative estimate of drug-likeness (QED) is 0.703. The Hall–Kier alpha value is 0.170. The van der Waals surface area contributed by atoms with Crippen LogP contribution < -0.4 is 0 Å². The molecule has 2 fully saturated rings. The van der Waals surface area contributed by atoms with Crippen molar-refractivity contribution in [2.75, 3.05) is 37.9 Å². The number of rotatable bonds is 6. The summed E-state index contributed by atoms with van der Waals surface area (Å²) in [5.41, 5.74) is 0. The van der Waals surface area contributed by atoms with Crippen LogP contribution in [-0.2, 0) is 4.79 Å². The van der Waals surface area contributed by atoms with Crippen molar-refractivity contribution in [1.29, 1.82) is 0 Å². The molecular formula is C15H26Cl2N2O. The number of piperidine rings is 2. The van der Waals surface area contributed by atoms with E-state index in [1.54, 1.807) is 0 Å². The van der Waals surface area contributed by atoms with Gasteiger partial charge in [-0.15, -0.1) is 23.2 Å². The summed E-state index contributed by atoms with van der Waals surface area (Å²) in [6.07, 6.45) is 7.24. The van der Waals surface area contributed by atoms with Gasteiger partial charge in [0.15, 0.2) is 5.78 Å². The van der Waals surface area contributed by atoms with Gasteiger partial charge in [-0.25, -0.2) is 0 Å². The monoisotopic (exact) mass is 320 g/mol. The normalized spacial score (nSPS) is 25.3. The van der Waals surface area contributed by atoms with Crippen LogP contribution in [0.1, 0.15) is 38.5 Å². The lowest BCUT2D eigenvalue weighted by Gasteiger charge is -2.38. The molecule has 2 heterocycles. The number of halogens is 2. The first-order valence-electron chi connectivity index (χ1n) is 7.91. The molecule has 20 heavy (non-hydrogen) atoms. The predicted molar refractivity (Wildman–Crippen MR) is 84.9 cm³/mol. The fraction of sp³-hybridized carbons (Fsp3) is 0.933. The van der Waals surface area contributed by atoms with E-state index in [0.717, 1.165) is 26.2 Å². The van der Waals surface area contributed by atoms with E-state index in [1.165, 1.54) is 38.5 Å². The zero-order chi connectivity index (χ0) is 14.4. The Morgan fingerprint density at radius 3 is 1.40 bits per heavy atom. The molecule has 0 aromatic carbocycles. The number of carbonyl (C=O) groups is 1. The standard InChI is InChI=1S/C15H26Cl2N2O/c16-11-13(18-7-3-1-4-8-18)15(20)14(12-17)19-9-5-2-6-10-19/h13-14H,1-12H2. The van der Waals surface area contributed by atoms with Gasteiger partial charge in [0.05, 0.1) is 12.1 Å². The first-order valence-corrected chi connectivity index (χ1v) is 8.98. The van der Waals surface area contributed by atoms with Crippen LogP contribution in [0.25, 0.3) is 0 Å². The van der Waals surface area contributed by atoms with Gasteiger partial charge in [-0.1, -0.05) is 12.8 Å². The van der Waals surface area contributed by atoms with Crippen LogP contribution in [0.15, 0.2) is 0 Å². The lowest BCUT2D eigenvalue weighted by atomic mass is 9.99. The van der Waals surface area contributed by atoms with Crippen molar-refractivity contribution in [3.05, 3.63) is 0 Å². The van der Waals surface area contributed by atoms with Crippen LogP contribution in [0.3, 0.4) is 0 Å². The zero-order valence-electron chi connectivity index (χ0n) is 12.2. The highest BCUT2D eigenvalue weighted by molar-refractivity contribution is 6.22. The topological polar surface area (TPSA) is 23.6 Å². The van der Waals surface area contributed by atoms with Crippen LogP contribution in [0.2, 0.25) is 0 Å². The molecule has 5 heteroatoms. The first kappa shape index (κ1) is 16.5. The molecule has 2 aliphatic rings. The maximum Gasteiger partial charge on any atom is 0.169 e. The number of carbonyl (C=O) groups excluding carboxylic acids is 1. The van der Waals surface area contributed by atoms with Crippen LogP contribution in [0, 0.1) is 0 Å². The molecular weight excluding hydrogens is 295 g/mol. The number of alkyl halides is 2. The second-order valence-corrected chi connectivity index (χ2v) is 6.55. The second-order valence-electron chi connectivity index (χ2n) is 5.94. The minimum Gasteiger partial charge on any atom is -0.296 e. The molecule has 0 radical (unpaired) electrons. The molecule has 0 aliphatic carbocycles. The lowest BCUT2D eigenvalue weighted by molar-refractivity contribution is -0.129. The van der Waals surface area contributed by atoms with Crippen molar-refractivity contribution < 1.29 is 4.79 Å². The Morgan fingerprint density at radius 1 is 0.750 bits per heavy atom. The third kappa shape index (κ3) is 4.09. The molecule has 2 saturated heterocycles. The summed E-state index contributed by atoms with van der Waals surface area (Å²) >= 11 is 12.2. The molecule has 0 aromatic rings. The Kier molecular flexibility index (Phi) is 7.09. The van der Waals surface area contributed by atoms with E-state index >= 15 is 0 Å². The van der Waals surface area contributed by atoms with Crippen LogP contribution >= 0.6 is 23.2 Å². The van der Waals surface area contributed by atoms with Gasteiger partial charge < -0.3 is 0 Å². The predicted octanol–water partition coefficient (Wildman–Crippen LogP) is 2.74. The summed E-state index contributed by atoms with van der Waals surface area (Å²) in [6, 6.07) is -0.301. The number of likely N-dealkylation sites (tertiary alicyclic amines) is 2. The Labute approximate surface area is 132 Å². The number of hydrogen-bond acceptors (Lipinski definition) is 3. The molecule has 0 N–H and O–H groups in total. The highest BCUT2D eigenvalue weighted by atomic mass is 35.5. The van der Waals surface area contributed by atoms with Gasteiger partial charge in [0.1, 0.15) is 0 Å². The van der Waals surface area contributed by atoms with Gasteiger partial charge >= 0.3 is 0 Å². The van der Waals surface area contributed by atoms with E-state index in [9.17, 15) is 4.79 Å². The molecule has 2 rings (SSSR count). The van der Waals surface area contributed by atoms with Crippen molar-refractivity contribution >= 4 is 29.0 Å². The zero-order valence-corrected chi connectivity index (χ0v) is 13.7. The van der Waals surface area contributed by atoms with Crippen molar-refractivity contribution in [3.63, 3.8) is 0 Å². The van der Waals surface area contributed by atoms with Crippen LogP contribution in [0.5, 0.6) is 0 Å². The Balaban J connectivity index is 2.00. The highest BCUT2D eigenvalue weighted by Crippen LogP contribution is 2.19. The number of Topliss-reactive ketones (excluding diaryl/α,β-unsaturated/α-hetero) is 1. The van der Waals surface area contributed by atoms with E-state index < -0.39 is 0 Å².